The minimum absolute atomic E-state index is 0.470. The molecule has 2 aliphatic heterocycles. The molecule has 9 heteroatoms. The third-order valence-electron chi connectivity index (χ3n) is 4.43. The van der Waals surface area contributed by atoms with Crippen molar-refractivity contribution in [3.8, 4) is 17.2 Å². The molecule has 2 heterocycles. The van der Waals surface area contributed by atoms with Crippen LogP contribution < -0.4 is 18.9 Å². The van der Waals surface area contributed by atoms with Gasteiger partial charge in [0.15, 0.2) is 11.5 Å². The highest BCUT2D eigenvalue weighted by molar-refractivity contribution is 7.88. The van der Waals surface area contributed by atoms with Crippen LogP contribution in [-0.4, -0.2) is 47.0 Å². The second-order valence-corrected chi connectivity index (χ2v) is 7.33. The first-order valence-electron chi connectivity index (χ1n) is 8.16. The number of hydrogen-bond donors (Lipinski definition) is 1. The second kappa shape index (κ2) is 7.09. The maximum Gasteiger partial charge on any atom is 0.323 e. The Labute approximate surface area is 148 Å². The number of benzene rings is 1. The molecule has 1 atom stereocenters. The van der Waals surface area contributed by atoms with Crippen molar-refractivity contribution < 1.29 is 22.6 Å². The van der Waals surface area contributed by atoms with Crippen LogP contribution in [0, 0.1) is 0 Å². The topological polar surface area (TPSA) is 89.5 Å². The summed E-state index contributed by atoms with van der Waals surface area (Å²) in [5.41, 5.74) is 0.715. The summed E-state index contributed by atoms with van der Waals surface area (Å²) in [5.74, 6) is 2.04. The second-order valence-electron chi connectivity index (χ2n) is 5.97. The van der Waals surface area contributed by atoms with E-state index >= 15 is 0 Å². The van der Waals surface area contributed by atoms with Crippen LogP contribution in [0.4, 0.5) is 0 Å². The lowest BCUT2D eigenvalue weighted by Crippen LogP contribution is -2.48. The summed E-state index contributed by atoms with van der Waals surface area (Å²) in [7, 11) is 0.858. The monoisotopic (exact) mass is 369 g/mol. The summed E-state index contributed by atoms with van der Waals surface area (Å²) in [6.45, 7) is 0.739. The van der Waals surface area contributed by atoms with Gasteiger partial charge in [0.2, 0.25) is 5.75 Å². The highest BCUT2D eigenvalue weighted by Crippen LogP contribution is 2.41. The zero-order valence-electron chi connectivity index (χ0n) is 14.6. The molecule has 0 saturated carbocycles. The van der Waals surface area contributed by atoms with Crippen LogP contribution in [-0.2, 0) is 10.2 Å². The van der Waals surface area contributed by atoms with Crippen molar-refractivity contribution >= 4 is 16.0 Å². The van der Waals surface area contributed by atoms with Gasteiger partial charge in [-0.2, -0.15) is 13.1 Å². The SMILES string of the molecule is COc1cc([C@H]2NS(=O)(=O)N=C3CCCCCN32)cc(OC)c1OC. The molecule has 0 spiro atoms. The first-order chi connectivity index (χ1) is 12.0. The number of fused-ring (bicyclic) bond motifs is 1. The van der Waals surface area contributed by atoms with Crippen LogP contribution in [0.1, 0.15) is 37.4 Å². The molecule has 138 valence electrons. The molecule has 1 N–H and O–H groups in total. The molecule has 1 aromatic carbocycles. The molecular weight excluding hydrogens is 346 g/mol. The summed E-state index contributed by atoms with van der Waals surface area (Å²) >= 11 is 0. The predicted molar refractivity (Wildman–Crippen MR) is 93.5 cm³/mol. The molecule has 8 nitrogen and oxygen atoms in total. The number of amidine groups is 1. The van der Waals surface area contributed by atoms with E-state index in [1.807, 2.05) is 4.90 Å². The third kappa shape index (κ3) is 3.52. The molecule has 0 radical (unpaired) electrons. The molecule has 1 fully saturated rings. The van der Waals surface area contributed by atoms with Crippen LogP contribution in [0.15, 0.2) is 16.5 Å². The van der Waals surface area contributed by atoms with E-state index in [1.54, 1.807) is 12.1 Å². The van der Waals surface area contributed by atoms with Crippen LogP contribution in [0.25, 0.3) is 0 Å². The van der Waals surface area contributed by atoms with E-state index in [0.717, 1.165) is 25.8 Å². The lowest BCUT2D eigenvalue weighted by molar-refractivity contribution is 0.286. The van der Waals surface area contributed by atoms with Gasteiger partial charge in [-0.3, -0.25) is 0 Å². The van der Waals surface area contributed by atoms with Gasteiger partial charge in [0.25, 0.3) is 0 Å². The zero-order chi connectivity index (χ0) is 18.0. The van der Waals surface area contributed by atoms with E-state index in [9.17, 15) is 8.42 Å². The van der Waals surface area contributed by atoms with Crippen molar-refractivity contribution in [2.75, 3.05) is 27.9 Å². The lowest BCUT2D eigenvalue weighted by Gasteiger charge is -2.36. The molecule has 1 saturated heterocycles. The van der Waals surface area contributed by atoms with E-state index in [1.165, 1.54) is 21.3 Å². The molecule has 25 heavy (non-hydrogen) atoms. The van der Waals surface area contributed by atoms with Crippen molar-refractivity contribution in [1.29, 1.82) is 0 Å². The molecule has 0 bridgehead atoms. The Morgan fingerprint density at radius 2 is 1.76 bits per heavy atom. The van der Waals surface area contributed by atoms with Crippen LogP contribution in [0.2, 0.25) is 0 Å². The molecule has 3 rings (SSSR count). The third-order valence-corrected chi connectivity index (χ3v) is 5.40. The van der Waals surface area contributed by atoms with Gasteiger partial charge in [-0.05, 0) is 30.5 Å². The normalized spacial score (nSPS) is 22.4. The van der Waals surface area contributed by atoms with Gasteiger partial charge in [-0.15, -0.1) is 4.40 Å². The Balaban J connectivity index is 2.09. The minimum atomic E-state index is -3.74. The Morgan fingerprint density at radius 3 is 2.36 bits per heavy atom. The Hall–Kier alpha value is -2.00. The highest BCUT2D eigenvalue weighted by Gasteiger charge is 2.35. The molecule has 0 aromatic heterocycles. The summed E-state index contributed by atoms with van der Waals surface area (Å²) in [4.78, 5) is 2.01. The van der Waals surface area contributed by atoms with Gasteiger partial charge in [0.05, 0.1) is 21.3 Å². The standard InChI is InChI=1S/C16H23N3O5S/c1-22-12-9-11(10-13(23-2)15(12)24-3)16-18-25(20,21)17-14-7-5-4-6-8-19(14)16/h9-10,16,18H,4-8H2,1-3H3/t16-/m0/s1. The average Bonchev–Trinajstić information content (AvgIpc) is 2.83. The van der Waals surface area contributed by atoms with Gasteiger partial charge in [0, 0.05) is 13.0 Å². The Morgan fingerprint density at radius 1 is 1.08 bits per heavy atom. The fourth-order valence-corrected chi connectivity index (χ4v) is 4.34. The number of methoxy groups -OCH3 is 3. The van der Waals surface area contributed by atoms with Crippen molar-refractivity contribution in [2.45, 2.75) is 31.8 Å². The predicted octanol–water partition coefficient (Wildman–Crippen LogP) is 1.83. The fraction of sp³-hybridized carbons (Fsp3) is 0.562. The maximum atomic E-state index is 12.2. The van der Waals surface area contributed by atoms with E-state index in [4.69, 9.17) is 14.2 Å². The van der Waals surface area contributed by atoms with Crippen molar-refractivity contribution in [1.82, 2.24) is 9.62 Å². The number of nitrogens with zero attached hydrogens (tertiary/aromatic N) is 2. The average molecular weight is 369 g/mol. The molecule has 1 aromatic rings. The van der Waals surface area contributed by atoms with Crippen molar-refractivity contribution in [3.63, 3.8) is 0 Å². The molecule has 0 unspecified atom stereocenters. The molecular formula is C16H23N3O5S. The van der Waals surface area contributed by atoms with E-state index < -0.39 is 16.4 Å². The fourth-order valence-electron chi connectivity index (χ4n) is 3.27. The van der Waals surface area contributed by atoms with Gasteiger partial charge in [-0.1, -0.05) is 6.42 Å². The smallest absolute Gasteiger partial charge is 0.323 e. The number of hydrogen-bond acceptors (Lipinski definition) is 6. The molecule has 0 amide bonds. The van der Waals surface area contributed by atoms with E-state index in [2.05, 4.69) is 9.12 Å². The van der Waals surface area contributed by atoms with Gasteiger partial charge in [0.1, 0.15) is 12.0 Å². The van der Waals surface area contributed by atoms with Gasteiger partial charge in [-0.25, -0.2) is 0 Å². The van der Waals surface area contributed by atoms with E-state index in [-0.39, 0.29) is 0 Å². The van der Waals surface area contributed by atoms with Crippen LogP contribution >= 0.6 is 0 Å². The van der Waals surface area contributed by atoms with Crippen molar-refractivity contribution in [2.24, 2.45) is 4.40 Å². The highest BCUT2D eigenvalue weighted by atomic mass is 32.2. The first kappa shape index (κ1) is 17.8. The largest absolute Gasteiger partial charge is 0.493 e. The van der Waals surface area contributed by atoms with Gasteiger partial charge < -0.3 is 19.1 Å². The quantitative estimate of drug-likeness (QED) is 0.871. The maximum absolute atomic E-state index is 12.2. The number of ether oxygens (including phenoxy) is 3. The molecule has 2 aliphatic rings. The van der Waals surface area contributed by atoms with E-state index in [0.29, 0.717) is 35.1 Å². The Kier molecular flexibility index (Phi) is 5.05. The number of nitrogens with one attached hydrogen (secondary N) is 1. The zero-order valence-corrected chi connectivity index (χ0v) is 15.4. The minimum Gasteiger partial charge on any atom is -0.493 e. The van der Waals surface area contributed by atoms with Gasteiger partial charge >= 0.3 is 10.2 Å². The first-order valence-corrected chi connectivity index (χ1v) is 9.60. The van der Waals surface area contributed by atoms with Crippen LogP contribution in [0.3, 0.4) is 0 Å². The summed E-state index contributed by atoms with van der Waals surface area (Å²) in [6.07, 6.45) is 3.08. The van der Waals surface area contributed by atoms with Crippen LogP contribution in [0.5, 0.6) is 17.2 Å². The Bertz CT molecular complexity index is 753. The molecule has 0 aliphatic carbocycles. The lowest BCUT2D eigenvalue weighted by atomic mass is 10.1. The summed E-state index contributed by atoms with van der Waals surface area (Å²) in [6, 6.07) is 3.53. The summed E-state index contributed by atoms with van der Waals surface area (Å²) < 4.78 is 47.1. The number of rotatable bonds is 4. The van der Waals surface area contributed by atoms with Crippen molar-refractivity contribution in [3.05, 3.63) is 17.7 Å². The summed E-state index contributed by atoms with van der Waals surface area (Å²) in [5, 5.41) is 0.